The third-order valence-electron chi connectivity index (χ3n) is 3.77. The molecule has 118 valence electrons. The lowest BCUT2D eigenvalue weighted by Gasteiger charge is -2.19. The molecule has 0 heterocycles. The number of methoxy groups -OCH3 is 2. The third kappa shape index (κ3) is 3.85. The predicted octanol–water partition coefficient (Wildman–Crippen LogP) is 3.36. The molecule has 2 aromatic rings. The van der Waals surface area contributed by atoms with Crippen molar-refractivity contribution in [2.75, 3.05) is 38.4 Å². The monoisotopic (exact) mass is 300 g/mol. The molecule has 2 N–H and O–H groups in total. The summed E-state index contributed by atoms with van der Waals surface area (Å²) in [4.78, 5) is 2.25. The van der Waals surface area contributed by atoms with Crippen molar-refractivity contribution in [2.45, 2.75) is 12.8 Å². The van der Waals surface area contributed by atoms with Gasteiger partial charge in [0.25, 0.3) is 0 Å². The van der Waals surface area contributed by atoms with Crippen LogP contribution in [0.3, 0.4) is 0 Å². The molecule has 0 spiro atoms. The SMILES string of the molecule is COc1cc(OC)c(CCCN(C)c2ccccc2)cc1N. The van der Waals surface area contributed by atoms with Crippen LogP contribution in [-0.4, -0.2) is 27.8 Å². The second-order valence-electron chi connectivity index (χ2n) is 5.27. The van der Waals surface area contributed by atoms with Crippen molar-refractivity contribution in [1.82, 2.24) is 0 Å². The minimum absolute atomic E-state index is 0.648. The second-order valence-corrected chi connectivity index (χ2v) is 5.27. The van der Waals surface area contributed by atoms with Crippen molar-refractivity contribution < 1.29 is 9.47 Å². The van der Waals surface area contributed by atoms with Gasteiger partial charge in [0.05, 0.1) is 19.9 Å². The fraction of sp³-hybridized carbons (Fsp3) is 0.333. The van der Waals surface area contributed by atoms with E-state index in [-0.39, 0.29) is 0 Å². The van der Waals surface area contributed by atoms with Crippen LogP contribution in [-0.2, 0) is 6.42 Å². The molecule has 4 nitrogen and oxygen atoms in total. The average molecular weight is 300 g/mol. The summed E-state index contributed by atoms with van der Waals surface area (Å²) in [5, 5.41) is 0. The van der Waals surface area contributed by atoms with Gasteiger partial charge in [-0.05, 0) is 36.6 Å². The van der Waals surface area contributed by atoms with E-state index in [1.807, 2.05) is 18.2 Å². The molecule has 0 fully saturated rings. The first-order valence-corrected chi connectivity index (χ1v) is 7.42. The van der Waals surface area contributed by atoms with E-state index in [1.54, 1.807) is 14.2 Å². The van der Waals surface area contributed by atoms with Gasteiger partial charge in [-0.1, -0.05) is 18.2 Å². The standard InChI is InChI=1S/C18H24N2O2/c1-20(15-9-5-4-6-10-15)11-7-8-14-12-16(19)18(22-3)13-17(14)21-2/h4-6,9-10,12-13H,7-8,11,19H2,1-3H3. The fourth-order valence-electron chi connectivity index (χ4n) is 2.51. The topological polar surface area (TPSA) is 47.7 Å². The Balaban J connectivity index is 1.98. The van der Waals surface area contributed by atoms with Crippen LogP contribution in [0.2, 0.25) is 0 Å². The number of nitrogens with zero attached hydrogens (tertiary/aromatic N) is 1. The molecule has 22 heavy (non-hydrogen) atoms. The van der Waals surface area contributed by atoms with Crippen molar-refractivity contribution in [3.8, 4) is 11.5 Å². The Morgan fingerprint density at radius 3 is 2.32 bits per heavy atom. The number of rotatable bonds is 7. The Labute approximate surface area is 132 Å². The van der Waals surface area contributed by atoms with Crippen molar-refractivity contribution in [3.05, 3.63) is 48.0 Å². The fourth-order valence-corrected chi connectivity index (χ4v) is 2.51. The smallest absolute Gasteiger partial charge is 0.145 e. The molecule has 2 rings (SSSR count). The van der Waals surface area contributed by atoms with Crippen LogP contribution in [0.4, 0.5) is 11.4 Å². The van der Waals surface area contributed by atoms with E-state index in [9.17, 15) is 0 Å². The van der Waals surface area contributed by atoms with Crippen LogP contribution in [0.25, 0.3) is 0 Å². The molecule has 2 aromatic carbocycles. The zero-order chi connectivity index (χ0) is 15.9. The zero-order valence-electron chi connectivity index (χ0n) is 13.5. The maximum atomic E-state index is 5.99. The Kier molecular flexibility index (Phi) is 5.53. The number of ether oxygens (including phenoxy) is 2. The van der Waals surface area contributed by atoms with Crippen molar-refractivity contribution in [2.24, 2.45) is 0 Å². The molecule has 4 heteroatoms. The molecular formula is C18H24N2O2. The molecule has 0 aliphatic carbocycles. The lowest BCUT2D eigenvalue weighted by atomic mass is 10.1. The summed E-state index contributed by atoms with van der Waals surface area (Å²) in [5.74, 6) is 1.48. The number of anilines is 2. The largest absolute Gasteiger partial charge is 0.496 e. The summed E-state index contributed by atoms with van der Waals surface area (Å²) in [6.45, 7) is 0.971. The van der Waals surface area contributed by atoms with Gasteiger partial charge >= 0.3 is 0 Å². The Bertz CT molecular complexity index is 600. The van der Waals surface area contributed by atoms with Crippen LogP contribution < -0.4 is 20.1 Å². The number of nitrogen functional groups attached to an aromatic ring is 1. The second kappa shape index (κ2) is 7.59. The Morgan fingerprint density at radius 2 is 1.68 bits per heavy atom. The normalized spacial score (nSPS) is 10.3. The average Bonchev–Trinajstić information content (AvgIpc) is 2.55. The maximum Gasteiger partial charge on any atom is 0.145 e. The van der Waals surface area contributed by atoms with Crippen LogP contribution in [0.1, 0.15) is 12.0 Å². The van der Waals surface area contributed by atoms with E-state index in [1.165, 1.54) is 5.69 Å². The Hall–Kier alpha value is -2.36. The van der Waals surface area contributed by atoms with Gasteiger partial charge in [-0.3, -0.25) is 0 Å². The number of para-hydroxylation sites is 1. The van der Waals surface area contributed by atoms with Gasteiger partial charge in [0.1, 0.15) is 11.5 Å². The van der Waals surface area contributed by atoms with Crippen molar-refractivity contribution >= 4 is 11.4 Å². The minimum Gasteiger partial charge on any atom is -0.496 e. The predicted molar refractivity (Wildman–Crippen MR) is 92.0 cm³/mol. The van der Waals surface area contributed by atoms with Gasteiger partial charge in [0, 0.05) is 25.3 Å². The van der Waals surface area contributed by atoms with Gasteiger partial charge in [-0.15, -0.1) is 0 Å². The van der Waals surface area contributed by atoms with Gasteiger partial charge in [0.15, 0.2) is 0 Å². The molecule has 0 radical (unpaired) electrons. The number of hydrogen-bond acceptors (Lipinski definition) is 4. The molecule has 0 saturated carbocycles. The van der Waals surface area contributed by atoms with E-state index in [0.717, 1.165) is 30.7 Å². The van der Waals surface area contributed by atoms with Gasteiger partial charge in [-0.25, -0.2) is 0 Å². The summed E-state index contributed by atoms with van der Waals surface area (Å²) < 4.78 is 10.7. The van der Waals surface area contributed by atoms with Crippen LogP contribution in [0.5, 0.6) is 11.5 Å². The third-order valence-corrected chi connectivity index (χ3v) is 3.77. The van der Waals surface area contributed by atoms with E-state index in [2.05, 4.69) is 36.2 Å². The van der Waals surface area contributed by atoms with Crippen LogP contribution >= 0.6 is 0 Å². The lowest BCUT2D eigenvalue weighted by molar-refractivity contribution is 0.392. The summed E-state index contributed by atoms with van der Waals surface area (Å²) in [6.07, 6.45) is 1.93. The van der Waals surface area contributed by atoms with Crippen LogP contribution in [0.15, 0.2) is 42.5 Å². The molecular weight excluding hydrogens is 276 g/mol. The number of nitrogens with two attached hydrogens (primary N) is 1. The van der Waals surface area contributed by atoms with Crippen LogP contribution in [0, 0.1) is 0 Å². The zero-order valence-corrected chi connectivity index (χ0v) is 13.5. The molecule has 0 aliphatic heterocycles. The maximum absolute atomic E-state index is 5.99. The molecule has 0 bridgehead atoms. The molecule has 0 aromatic heterocycles. The molecule has 0 atom stereocenters. The molecule has 0 amide bonds. The first kappa shape index (κ1) is 16.0. The Morgan fingerprint density at radius 1 is 1.00 bits per heavy atom. The van der Waals surface area contributed by atoms with E-state index < -0.39 is 0 Å². The quantitative estimate of drug-likeness (QED) is 0.797. The van der Waals surface area contributed by atoms with Gasteiger partial charge < -0.3 is 20.1 Å². The minimum atomic E-state index is 0.648. The van der Waals surface area contributed by atoms with Crippen molar-refractivity contribution in [1.29, 1.82) is 0 Å². The number of hydrogen-bond donors (Lipinski definition) is 1. The summed E-state index contributed by atoms with van der Waals surface area (Å²) in [5.41, 5.74) is 8.97. The lowest BCUT2D eigenvalue weighted by Crippen LogP contribution is -2.18. The molecule has 0 aliphatic rings. The summed E-state index contributed by atoms with van der Waals surface area (Å²) in [7, 11) is 5.39. The van der Waals surface area contributed by atoms with Crippen molar-refractivity contribution in [3.63, 3.8) is 0 Å². The highest BCUT2D eigenvalue weighted by molar-refractivity contribution is 5.59. The van der Waals surface area contributed by atoms with E-state index >= 15 is 0 Å². The highest BCUT2D eigenvalue weighted by atomic mass is 16.5. The van der Waals surface area contributed by atoms with E-state index in [0.29, 0.717) is 11.4 Å². The first-order valence-electron chi connectivity index (χ1n) is 7.42. The molecule has 0 unspecified atom stereocenters. The highest BCUT2D eigenvalue weighted by Gasteiger charge is 2.09. The number of aryl methyl sites for hydroxylation is 1. The van der Waals surface area contributed by atoms with Gasteiger partial charge in [-0.2, -0.15) is 0 Å². The summed E-state index contributed by atoms with van der Waals surface area (Å²) in [6, 6.07) is 14.2. The highest BCUT2D eigenvalue weighted by Crippen LogP contribution is 2.31. The van der Waals surface area contributed by atoms with E-state index in [4.69, 9.17) is 15.2 Å². The number of benzene rings is 2. The van der Waals surface area contributed by atoms with Gasteiger partial charge in [0.2, 0.25) is 0 Å². The first-order chi connectivity index (χ1) is 10.7. The molecule has 0 saturated heterocycles. The summed E-state index contributed by atoms with van der Waals surface area (Å²) >= 11 is 0.